The summed E-state index contributed by atoms with van der Waals surface area (Å²) in [5.74, 6) is 0.746. The number of hydrogen-bond acceptors (Lipinski definition) is 6. The fraction of sp³-hybridized carbons (Fsp3) is 0.923. The number of carbonyl (C=O) groups is 2. The highest BCUT2D eigenvalue weighted by molar-refractivity contribution is 5.61. The first-order valence-electron chi connectivity index (χ1n) is 13.2. The van der Waals surface area contributed by atoms with E-state index in [2.05, 4.69) is 27.7 Å². The van der Waals surface area contributed by atoms with Crippen molar-refractivity contribution in [1.82, 2.24) is 0 Å². The van der Waals surface area contributed by atoms with Gasteiger partial charge in [0, 0.05) is 0 Å². The maximum Gasteiger partial charge on any atom is 0.508 e. The number of unbranched alkanes of at least 4 members (excludes halogenated alkanes) is 3. The molecule has 6 heteroatoms. The molecule has 0 aliphatic heterocycles. The van der Waals surface area contributed by atoms with Gasteiger partial charge in [0.2, 0.25) is 0 Å². The van der Waals surface area contributed by atoms with Crippen LogP contribution in [0.15, 0.2) is 0 Å². The summed E-state index contributed by atoms with van der Waals surface area (Å²) in [5, 5.41) is 0. The van der Waals surface area contributed by atoms with E-state index < -0.39 is 24.5 Å². The predicted octanol–water partition coefficient (Wildman–Crippen LogP) is 7.82. The summed E-state index contributed by atoms with van der Waals surface area (Å²) in [5.41, 5.74) is 0. The first-order chi connectivity index (χ1) is 15.5. The smallest absolute Gasteiger partial charge is 0.434 e. The van der Waals surface area contributed by atoms with E-state index in [1.165, 1.54) is 12.8 Å². The quantitative estimate of drug-likeness (QED) is 0.174. The van der Waals surface area contributed by atoms with Gasteiger partial charge in [-0.1, -0.05) is 72.6 Å². The minimum Gasteiger partial charge on any atom is -0.434 e. The first kappa shape index (κ1) is 28.6. The van der Waals surface area contributed by atoms with Crippen LogP contribution >= 0.6 is 0 Å². The predicted molar refractivity (Wildman–Crippen MR) is 127 cm³/mol. The van der Waals surface area contributed by atoms with Gasteiger partial charge in [-0.15, -0.1) is 0 Å². The summed E-state index contributed by atoms with van der Waals surface area (Å²) >= 11 is 0. The third-order valence-electron chi connectivity index (χ3n) is 6.47. The molecule has 4 atom stereocenters. The summed E-state index contributed by atoms with van der Waals surface area (Å²) in [6.07, 6.45) is 12.1. The Morgan fingerprint density at radius 2 is 1.22 bits per heavy atom. The lowest BCUT2D eigenvalue weighted by Gasteiger charge is -2.30. The maximum absolute atomic E-state index is 12.3. The van der Waals surface area contributed by atoms with Gasteiger partial charge in [-0.2, -0.15) is 0 Å². The lowest BCUT2D eigenvalue weighted by molar-refractivity contribution is -0.0746. The molecule has 0 saturated heterocycles. The highest BCUT2D eigenvalue weighted by Gasteiger charge is 2.33. The Bertz CT molecular complexity index is 495. The Balaban J connectivity index is 2.43. The van der Waals surface area contributed by atoms with Gasteiger partial charge in [-0.05, 0) is 56.8 Å². The normalized spacial score (nSPS) is 20.2. The molecule has 0 bridgehead atoms. The second kappa shape index (κ2) is 18.0. The van der Waals surface area contributed by atoms with Crippen LogP contribution in [0.1, 0.15) is 118 Å². The fourth-order valence-electron chi connectivity index (χ4n) is 4.32. The van der Waals surface area contributed by atoms with Crippen LogP contribution in [-0.4, -0.2) is 37.7 Å². The van der Waals surface area contributed by atoms with E-state index in [1.54, 1.807) is 0 Å². The van der Waals surface area contributed by atoms with Gasteiger partial charge in [0.25, 0.3) is 0 Å². The van der Waals surface area contributed by atoms with Crippen molar-refractivity contribution in [2.75, 3.05) is 13.2 Å². The molecule has 6 nitrogen and oxygen atoms in total. The van der Waals surface area contributed by atoms with Crippen molar-refractivity contribution >= 4 is 12.3 Å². The monoisotopic (exact) mass is 456 g/mol. The Morgan fingerprint density at radius 1 is 0.688 bits per heavy atom. The second-order valence-electron chi connectivity index (χ2n) is 9.29. The number of carbonyl (C=O) groups excluding carboxylic acids is 2. The molecule has 0 spiro atoms. The minimum absolute atomic E-state index is 0.365. The van der Waals surface area contributed by atoms with Gasteiger partial charge in [0.15, 0.2) is 0 Å². The molecule has 1 fully saturated rings. The van der Waals surface area contributed by atoms with Crippen LogP contribution in [-0.2, 0) is 18.9 Å². The zero-order chi connectivity index (χ0) is 23.6. The largest absolute Gasteiger partial charge is 0.508 e. The molecule has 1 rings (SSSR count). The van der Waals surface area contributed by atoms with E-state index >= 15 is 0 Å². The molecule has 1 aliphatic rings. The van der Waals surface area contributed by atoms with E-state index in [4.69, 9.17) is 18.9 Å². The van der Waals surface area contributed by atoms with Crippen molar-refractivity contribution in [1.29, 1.82) is 0 Å². The molecule has 0 aromatic rings. The summed E-state index contributed by atoms with van der Waals surface area (Å²) in [6.45, 7) is 9.39. The molecule has 32 heavy (non-hydrogen) atoms. The van der Waals surface area contributed by atoms with E-state index in [0.29, 0.717) is 37.9 Å². The van der Waals surface area contributed by atoms with Crippen molar-refractivity contribution in [3.8, 4) is 0 Å². The molecule has 188 valence electrons. The molecular formula is C26H48O6. The number of ether oxygens (including phenoxy) is 4. The molecule has 0 amide bonds. The molecular weight excluding hydrogens is 408 g/mol. The van der Waals surface area contributed by atoms with Gasteiger partial charge in [-0.3, -0.25) is 0 Å². The molecule has 0 N–H and O–H groups in total. The maximum atomic E-state index is 12.3. The topological polar surface area (TPSA) is 71.1 Å². The van der Waals surface area contributed by atoms with Crippen LogP contribution in [0.2, 0.25) is 0 Å². The SMILES string of the molecule is CCCCCC(CCC)COC(=O)OC1CCCCC1OC(=O)OCC(CC)CCCC. The van der Waals surface area contributed by atoms with Crippen LogP contribution in [0, 0.1) is 11.8 Å². The van der Waals surface area contributed by atoms with Crippen LogP contribution in [0.3, 0.4) is 0 Å². The van der Waals surface area contributed by atoms with Crippen LogP contribution in [0.25, 0.3) is 0 Å². The van der Waals surface area contributed by atoms with Crippen molar-refractivity contribution in [2.24, 2.45) is 11.8 Å². The summed E-state index contributed by atoms with van der Waals surface area (Å²) in [6, 6.07) is 0. The van der Waals surface area contributed by atoms with E-state index in [9.17, 15) is 9.59 Å². The zero-order valence-electron chi connectivity index (χ0n) is 21.1. The standard InChI is InChI=1S/C26H48O6/c1-5-9-11-16-22(14-7-3)20-30-26(28)32-24-18-13-12-17-23(24)31-25(27)29-19-21(8-4)15-10-6-2/h21-24H,5-20H2,1-4H3. The summed E-state index contributed by atoms with van der Waals surface area (Å²) < 4.78 is 21.9. The third kappa shape index (κ3) is 12.5. The highest BCUT2D eigenvalue weighted by atomic mass is 16.8. The van der Waals surface area contributed by atoms with Gasteiger partial charge < -0.3 is 18.9 Å². The molecule has 0 heterocycles. The van der Waals surface area contributed by atoms with Gasteiger partial charge >= 0.3 is 12.3 Å². The summed E-state index contributed by atoms with van der Waals surface area (Å²) in [4.78, 5) is 24.6. The molecule has 0 radical (unpaired) electrons. The Hall–Kier alpha value is -1.46. The van der Waals surface area contributed by atoms with E-state index in [1.807, 2.05) is 0 Å². The second-order valence-corrected chi connectivity index (χ2v) is 9.29. The first-order valence-corrected chi connectivity index (χ1v) is 13.2. The Labute approximate surface area is 196 Å². The van der Waals surface area contributed by atoms with Crippen molar-refractivity contribution in [2.45, 2.75) is 130 Å². The minimum atomic E-state index is -0.659. The Morgan fingerprint density at radius 3 is 1.72 bits per heavy atom. The highest BCUT2D eigenvalue weighted by Crippen LogP contribution is 2.25. The molecule has 1 saturated carbocycles. The lowest BCUT2D eigenvalue weighted by atomic mass is 9.94. The zero-order valence-corrected chi connectivity index (χ0v) is 21.1. The molecule has 0 aromatic heterocycles. The fourth-order valence-corrected chi connectivity index (χ4v) is 4.32. The average Bonchev–Trinajstić information content (AvgIpc) is 2.79. The van der Waals surface area contributed by atoms with E-state index in [0.717, 1.165) is 64.2 Å². The van der Waals surface area contributed by atoms with E-state index in [-0.39, 0.29) is 0 Å². The van der Waals surface area contributed by atoms with Crippen LogP contribution in [0.5, 0.6) is 0 Å². The van der Waals surface area contributed by atoms with Gasteiger partial charge in [-0.25, -0.2) is 9.59 Å². The molecule has 1 aliphatic carbocycles. The number of hydrogen-bond donors (Lipinski definition) is 0. The average molecular weight is 457 g/mol. The Kier molecular flexibility index (Phi) is 16.1. The van der Waals surface area contributed by atoms with Gasteiger partial charge in [0.1, 0.15) is 12.2 Å². The number of rotatable bonds is 16. The van der Waals surface area contributed by atoms with Crippen molar-refractivity contribution < 1.29 is 28.5 Å². The van der Waals surface area contributed by atoms with Crippen molar-refractivity contribution in [3.05, 3.63) is 0 Å². The van der Waals surface area contributed by atoms with Crippen LogP contribution < -0.4 is 0 Å². The summed E-state index contributed by atoms with van der Waals surface area (Å²) in [7, 11) is 0. The van der Waals surface area contributed by atoms with Crippen molar-refractivity contribution in [3.63, 3.8) is 0 Å². The van der Waals surface area contributed by atoms with Gasteiger partial charge in [0.05, 0.1) is 13.2 Å². The molecule has 0 aromatic carbocycles. The molecule has 4 unspecified atom stereocenters. The van der Waals surface area contributed by atoms with Crippen LogP contribution in [0.4, 0.5) is 9.59 Å². The lowest BCUT2D eigenvalue weighted by Crippen LogP contribution is -2.38. The third-order valence-corrected chi connectivity index (χ3v) is 6.47.